The van der Waals surface area contributed by atoms with E-state index < -0.39 is 11.7 Å². The fraction of sp³-hybridized carbons (Fsp3) is 0.636. The molecule has 18 heavy (non-hydrogen) atoms. The number of ketones is 1. The molecule has 0 radical (unpaired) electrons. The van der Waals surface area contributed by atoms with Gasteiger partial charge < -0.3 is 10.1 Å². The van der Waals surface area contributed by atoms with E-state index in [2.05, 4.69) is 14.9 Å². The Labute approximate surface area is 110 Å². The molecular formula is C11H17N3O3S. The highest BCUT2D eigenvalue weighted by Gasteiger charge is 2.16. The van der Waals surface area contributed by atoms with E-state index in [0.29, 0.717) is 5.69 Å². The van der Waals surface area contributed by atoms with Gasteiger partial charge in [0.25, 0.3) is 0 Å². The molecule has 1 aromatic heterocycles. The van der Waals surface area contributed by atoms with Crippen molar-refractivity contribution in [3.63, 3.8) is 0 Å². The fourth-order valence-corrected chi connectivity index (χ4v) is 1.62. The summed E-state index contributed by atoms with van der Waals surface area (Å²) < 4.78 is 8.72. The van der Waals surface area contributed by atoms with Gasteiger partial charge >= 0.3 is 6.09 Å². The number of ether oxygens (including phenoxy) is 1. The molecule has 7 heteroatoms. The summed E-state index contributed by atoms with van der Waals surface area (Å²) in [6.07, 6.45) is 0.00845. The number of rotatable bonds is 5. The highest BCUT2D eigenvalue weighted by molar-refractivity contribution is 7.03. The van der Waals surface area contributed by atoms with E-state index in [9.17, 15) is 9.59 Å². The Morgan fingerprint density at radius 1 is 1.44 bits per heavy atom. The molecule has 0 saturated heterocycles. The second-order valence-electron chi connectivity index (χ2n) is 4.79. The van der Waals surface area contributed by atoms with Crippen LogP contribution in [-0.2, 0) is 16.0 Å². The van der Waals surface area contributed by atoms with Gasteiger partial charge in [-0.2, -0.15) is 0 Å². The van der Waals surface area contributed by atoms with Crippen LogP contribution in [0.3, 0.4) is 0 Å². The molecule has 0 atom stereocenters. The van der Waals surface area contributed by atoms with Crippen LogP contribution in [0.2, 0.25) is 0 Å². The molecule has 0 fully saturated rings. The quantitative estimate of drug-likeness (QED) is 0.879. The zero-order valence-corrected chi connectivity index (χ0v) is 11.5. The molecule has 0 spiro atoms. The number of carbonyl (C=O) groups is 2. The molecule has 0 saturated carbocycles. The Morgan fingerprint density at radius 2 is 2.17 bits per heavy atom. The molecule has 1 N–H and O–H groups in total. The third-order valence-electron chi connectivity index (χ3n) is 1.86. The van der Waals surface area contributed by atoms with Crippen LogP contribution >= 0.6 is 11.5 Å². The third kappa shape index (κ3) is 6.29. The van der Waals surface area contributed by atoms with Gasteiger partial charge in [0.05, 0.1) is 12.1 Å². The van der Waals surface area contributed by atoms with Crippen LogP contribution in [0.15, 0.2) is 5.38 Å². The number of alkyl carbamates (subject to hydrolysis) is 1. The van der Waals surface area contributed by atoms with E-state index in [1.165, 1.54) is 11.5 Å². The monoisotopic (exact) mass is 271 g/mol. The predicted molar refractivity (Wildman–Crippen MR) is 67.5 cm³/mol. The number of amides is 1. The van der Waals surface area contributed by atoms with Crippen LogP contribution in [0.5, 0.6) is 0 Å². The minimum Gasteiger partial charge on any atom is -0.444 e. The Kier molecular flexibility index (Phi) is 5.21. The Balaban J connectivity index is 2.18. The molecule has 0 unspecified atom stereocenters. The average molecular weight is 271 g/mol. The first-order chi connectivity index (χ1) is 8.37. The molecule has 0 aromatic carbocycles. The van der Waals surface area contributed by atoms with Crippen molar-refractivity contribution >= 4 is 23.4 Å². The first-order valence-corrected chi connectivity index (χ1v) is 6.45. The van der Waals surface area contributed by atoms with Gasteiger partial charge in [0.15, 0.2) is 0 Å². The molecule has 0 aliphatic heterocycles. The summed E-state index contributed by atoms with van der Waals surface area (Å²) in [6.45, 7) is 5.62. The van der Waals surface area contributed by atoms with E-state index in [0.717, 1.165) is 0 Å². The van der Waals surface area contributed by atoms with Crippen LogP contribution in [0.1, 0.15) is 32.9 Å². The van der Waals surface area contributed by atoms with Gasteiger partial charge in [0.2, 0.25) is 0 Å². The van der Waals surface area contributed by atoms with Crippen molar-refractivity contribution in [1.29, 1.82) is 0 Å². The summed E-state index contributed by atoms with van der Waals surface area (Å²) >= 11 is 1.21. The van der Waals surface area contributed by atoms with E-state index >= 15 is 0 Å². The van der Waals surface area contributed by atoms with Crippen molar-refractivity contribution in [3.05, 3.63) is 11.1 Å². The number of nitrogens with zero attached hydrogens (tertiary/aromatic N) is 2. The minimum absolute atomic E-state index is 0.0127. The lowest BCUT2D eigenvalue weighted by atomic mass is 10.2. The van der Waals surface area contributed by atoms with Crippen LogP contribution < -0.4 is 5.32 Å². The van der Waals surface area contributed by atoms with Gasteiger partial charge in [-0.15, -0.1) is 5.10 Å². The average Bonchev–Trinajstić information content (AvgIpc) is 2.67. The number of aromatic nitrogens is 2. The summed E-state index contributed by atoms with van der Waals surface area (Å²) in [6, 6.07) is 0. The highest BCUT2D eigenvalue weighted by atomic mass is 32.1. The topological polar surface area (TPSA) is 81.2 Å². The molecule has 100 valence electrons. The molecule has 0 aliphatic rings. The van der Waals surface area contributed by atoms with Gasteiger partial charge in [-0.1, -0.05) is 4.49 Å². The SMILES string of the molecule is CC(C)(C)OC(=O)NCCC(=O)Cc1csnn1. The molecule has 6 nitrogen and oxygen atoms in total. The summed E-state index contributed by atoms with van der Waals surface area (Å²) in [4.78, 5) is 22.8. The second kappa shape index (κ2) is 6.44. The van der Waals surface area contributed by atoms with E-state index in [1.807, 2.05) is 0 Å². The van der Waals surface area contributed by atoms with E-state index in [-0.39, 0.29) is 25.2 Å². The zero-order valence-electron chi connectivity index (χ0n) is 10.7. The Morgan fingerprint density at radius 3 is 2.72 bits per heavy atom. The summed E-state index contributed by atoms with van der Waals surface area (Å²) in [5, 5.41) is 8.05. The van der Waals surface area contributed by atoms with E-state index in [1.54, 1.807) is 26.2 Å². The number of carbonyl (C=O) groups excluding carboxylic acids is 2. The van der Waals surface area contributed by atoms with Gasteiger partial charge in [0.1, 0.15) is 11.4 Å². The molecule has 1 amide bonds. The van der Waals surface area contributed by atoms with Crippen LogP contribution in [0.25, 0.3) is 0 Å². The van der Waals surface area contributed by atoms with Gasteiger partial charge in [-0.25, -0.2) is 4.79 Å². The normalized spacial score (nSPS) is 11.1. The second-order valence-corrected chi connectivity index (χ2v) is 5.40. The standard InChI is InChI=1S/C11H17N3O3S/c1-11(2,3)17-10(16)12-5-4-9(15)6-8-7-18-14-13-8/h7H,4-6H2,1-3H3,(H,12,16). The molecule has 0 aliphatic carbocycles. The van der Waals surface area contributed by atoms with Gasteiger partial charge in [-0.05, 0) is 32.3 Å². The third-order valence-corrected chi connectivity index (χ3v) is 2.41. The molecule has 1 heterocycles. The maximum absolute atomic E-state index is 11.5. The Bertz CT molecular complexity index is 398. The summed E-state index contributed by atoms with van der Waals surface area (Å²) in [7, 11) is 0. The number of Topliss-reactive ketones (excluding diaryl/α,β-unsaturated/α-hetero) is 1. The van der Waals surface area contributed by atoms with Crippen molar-refractivity contribution in [2.24, 2.45) is 0 Å². The van der Waals surface area contributed by atoms with E-state index in [4.69, 9.17) is 4.74 Å². The van der Waals surface area contributed by atoms with Crippen molar-refractivity contribution < 1.29 is 14.3 Å². The smallest absolute Gasteiger partial charge is 0.407 e. The van der Waals surface area contributed by atoms with Crippen molar-refractivity contribution in [1.82, 2.24) is 14.9 Å². The maximum Gasteiger partial charge on any atom is 0.407 e. The van der Waals surface area contributed by atoms with Gasteiger partial charge in [0, 0.05) is 18.3 Å². The largest absolute Gasteiger partial charge is 0.444 e. The summed E-state index contributed by atoms with van der Waals surface area (Å²) in [5.74, 6) is 0.0127. The molecule has 0 bridgehead atoms. The molecule has 1 aromatic rings. The Hall–Kier alpha value is -1.50. The lowest BCUT2D eigenvalue weighted by molar-refractivity contribution is -0.118. The minimum atomic E-state index is -0.527. The number of hydrogen-bond acceptors (Lipinski definition) is 6. The highest BCUT2D eigenvalue weighted by Crippen LogP contribution is 2.06. The first kappa shape index (κ1) is 14.6. The van der Waals surface area contributed by atoms with Crippen molar-refractivity contribution in [2.45, 2.75) is 39.2 Å². The van der Waals surface area contributed by atoms with Crippen LogP contribution in [0, 0.1) is 0 Å². The molecule has 1 rings (SSSR count). The van der Waals surface area contributed by atoms with Crippen LogP contribution in [-0.4, -0.2) is 33.6 Å². The zero-order chi connectivity index (χ0) is 13.6. The lowest BCUT2D eigenvalue weighted by Gasteiger charge is -2.19. The first-order valence-electron chi connectivity index (χ1n) is 5.61. The summed E-state index contributed by atoms with van der Waals surface area (Å²) in [5.41, 5.74) is 0.141. The van der Waals surface area contributed by atoms with Crippen LogP contribution in [0.4, 0.5) is 4.79 Å². The van der Waals surface area contributed by atoms with Crippen molar-refractivity contribution in [3.8, 4) is 0 Å². The predicted octanol–water partition coefficient (Wildman–Crippen LogP) is 1.56. The number of nitrogens with one attached hydrogen (secondary N) is 1. The molecular weight excluding hydrogens is 254 g/mol. The van der Waals surface area contributed by atoms with Crippen molar-refractivity contribution in [2.75, 3.05) is 6.54 Å². The maximum atomic E-state index is 11.5. The van der Waals surface area contributed by atoms with Gasteiger partial charge in [-0.3, -0.25) is 4.79 Å². The fourth-order valence-electron chi connectivity index (χ4n) is 1.17. The lowest BCUT2D eigenvalue weighted by Crippen LogP contribution is -2.33. The number of hydrogen-bond donors (Lipinski definition) is 1.